The van der Waals surface area contributed by atoms with Gasteiger partial charge >= 0.3 is 0 Å². The summed E-state index contributed by atoms with van der Waals surface area (Å²) in [4.78, 5) is 25.2. The Morgan fingerprint density at radius 1 is 0.969 bits per heavy atom. The molecule has 1 aromatic carbocycles. The maximum Gasteiger partial charge on any atom is 0.252 e. The number of para-hydroxylation sites is 2. The molecule has 5 atom stereocenters. The van der Waals surface area contributed by atoms with E-state index in [0.29, 0.717) is 11.4 Å². The molecule has 0 saturated carbocycles. The van der Waals surface area contributed by atoms with Crippen molar-refractivity contribution in [1.82, 2.24) is 5.32 Å². The second kappa shape index (κ2) is 8.60. The number of anilines is 1. The summed E-state index contributed by atoms with van der Waals surface area (Å²) in [6.07, 6.45) is -3.33. The van der Waals surface area contributed by atoms with Crippen LogP contribution in [0.3, 0.4) is 0 Å². The van der Waals surface area contributed by atoms with Crippen LogP contribution in [0.4, 0.5) is 5.69 Å². The number of carbonyl (C=O) groups excluding carboxylic acids is 2. The van der Waals surface area contributed by atoms with Crippen LogP contribution < -0.4 is 15.4 Å². The first-order valence-electron chi connectivity index (χ1n) is 10.7. The van der Waals surface area contributed by atoms with Crippen molar-refractivity contribution in [1.29, 1.82) is 0 Å². The summed E-state index contributed by atoms with van der Waals surface area (Å²) in [5.74, 6) is -1.86. The molecule has 1 aromatic rings. The molecule has 32 heavy (non-hydrogen) atoms. The molecule has 4 rings (SSSR count). The summed E-state index contributed by atoms with van der Waals surface area (Å²) >= 11 is 0. The minimum absolute atomic E-state index is 0.0755. The van der Waals surface area contributed by atoms with Crippen molar-refractivity contribution in [3.63, 3.8) is 0 Å². The van der Waals surface area contributed by atoms with Crippen molar-refractivity contribution in [3.8, 4) is 5.75 Å². The summed E-state index contributed by atoms with van der Waals surface area (Å²) in [6.45, 7) is 7.23. The summed E-state index contributed by atoms with van der Waals surface area (Å²) in [7, 11) is 1.53. The third-order valence-electron chi connectivity index (χ3n) is 5.45. The zero-order valence-electron chi connectivity index (χ0n) is 18.9. The Kier molecular flexibility index (Phi) is 6.17. The van der Waals surface area contributed by atoms with E-state index in [2.05, 4.69) is 10.6 Å². The summed E-state index contributed by atoms with van der Waals surface area (Å²) < 4.78 is 34.8. The van der Waals surface area contributed by atoms with Crippen molar-refractivity contribution in [2.45, 2.75) is 76.4 Å². The van der Waals surface area contributed by atoms with Crippen molar-refractivity contribution in [2.75, 3.05) is 19.0 Å². The zero-order valence-corrected chi connectivity index (χ0v) is 18.9. The van der Waals surface area contributed by atoms with E-state index in [1.54, 1.807) is 45.9 Å². The van der Waals surface area contributed by atoms with Crippen LogP contribution in [0.25, 0.3) is 0 Å². The van der Waals surface area contributed by atoms with Gasteiger partial charge in [-0.3, -0.25) is 9.59 Å². The standard InChI is InChI=1S/C22H30N2O8/c1-21(2)29-15-16(30-21)18-20(32-22(3,4)31-18)28-17(15)19(26)23-11-10-14(25)24-12-8-6-7-9-13(12)27-5/h6-9,15-18,20H,10-11H2,1-5H3,(H,23,26)(H,24,25)/t15-,16-,17-,18-,20+/m1/s1. The van der Waals surface area contributed by atoms with Gasteiger partial charge in [0.25, 0.3) is 5.91 Å². The first-order chi connectivity index (χ1) is 15.1. The number of fused-ring (bicyclic) bond motifs is 3. The van der Waals surface area contributed by atoms with E-state index in [9.17, 15) is 9.59 Å². The van der Waals surface area contributed by atoms with E-state index in [1.807, 2.05) is 6.07 Å². The van der Waals surface area contributed by atoms with E-state index >= 15 is 0 Å². The predicted octanol–water partition coefficient (Wildman–Crippen LogP) is 1.54. The van der Waals surface area contributed by atoms with Gasteiger partial charge in [-0.15, -0.1) is 0 Å². The van der Waals surface area contributed by atoms with Crippen LogP contribution in [0, 0.1) is 0 Å². The molecule has 176 valence electrons. The molecule has 0 unspecified atom stereocenters. The number of hydrogen-bond acceptors (Lipinski definition) is 8. The predicted molar refractivity (Wildman–Crippen MR) is 112 cm³/mol. The molecule has 2 amide bonds. The molecule has 10 heteroatoms. The highest BCUT2D eigenvalue weighted by Crippen LogP contribution is 2.44. The van der Waals surface area contributed by atoms with Crippen LogP contribution >= 0.6 is 0 Å². The highest BCUT2D eigenvalue weighted by molar-refractivity contribution is 5.92. The van der Waals surface area contributed by atoms with Crippen LogP contribution in [-0.4, -0.2) is 67.7 Å². The third kappa shape index (κ3) is 4.74. The fourth-order valence-electron chi connectivity index (χ4n) is 4.18. The van der Waals surface area contributed by atoms with Gasteiger partial charge in [0.1, 0.15) is 24.1 Å². The molecule has 3 aliphatic rings. The van der Waals surface area contributed by atoms with Gasteiger partial charge < -0.3 is 39.1 Å². The first-order valence-corrected chi connectivity index (χ1v) is 10.7. The summed E-state index contributed by atoms with van der Waals surface area (Å²) in [5, 5.41) is 5.52. The Labute approximate surface area is 186 Å². The average Bonchev–Trinajstić information content (AvgIpc) is 3.21. The van der Waals surface area contributed by atoms with Crippen molar-refractivity contribution >= 4 is 17.5 Å². The van der Waals surface area contributed by atoms with Gasteiger partial charge in [-0.25, -0.2) is 0 Å². The topological polar surface area (TPSA) is 114 Å². The van der Waals surface area contributed by atoms with Gasteiger partial charge in [0.05, 0.1) is 12.8 Å². The number of benzene rings is 1. The summed E-state index contributed by atoms with van der Waals surface area (Å²) in [5.41, 5.74) is 0.565. The van der Waals surface area contributed by atoms with E-state index in [0.717, 1.165) is 0 Å². The molecule has 0 aliphatic carbocycles. The van der Waals surface area contributed by atoms with Crippen molar-refractivity contribution < 1.29 is 38.0 Å². The lowest BCUT2D eigenvalue weighted by Gasteiger charge is -2.36. The Bertz CT molecular complexity index is 873. The fourth-order valence-corrected chi connectivity index (χ4v) is 4.18. The highest BCUT2D eigenvalue weighted by atomic mass is 16.9. The molecular weight excluding hydrogens is 420 g/mol. The normalized spacial score (nSPS) is 32.0. The van der Waals surface area contributed by atoms with Gasteiger partial charge in [0.2, 0.25) is 5.91 Å². The van der Waals surface area contributed by atoms with E-state index in [1.165, 1.54) is 7.11 Å². The maximum atomic E-state index is 12.9. The average molecular weight is 450 g/mol. The second-order valence-electron chi connectivity index (χ2n) is 8.88. The molecule has 0 aromatic heterocycles. The van der Waals surface area contributed by atoms with E-state index in [-0.39, 0.29) is 18.9 Å². The minimum atomic E-state index is -0.960. The number of methoxy groups -OCH3 is 1. The lowest BCUT2D eigenvalue weighted by molar-refractivity contribution is -0.231. The van der Waals surface area contributed by atoms with Crippen LogP contribution in [0.2, 0.25) is 0 Å². The van der Waals surface area contributed by atoms with Crippen LogP contribution in [-0.2, 0) is 33.3 Å². The molecule has 10 nitrogen and oxygen atoms in total. The smallest absolute Gasteiger partial charge is 0.252 e. The van der Waals surface area contributed by atoms with Gasteiger partial charge in [-0.05, 0) is 39.8 Å². The molecule has 0 bridgehead atoms. The van der Waals surface area contributed by atoms with Crippen LogP contribution in [0.15, 0.2) is 24.3 Å². The number of ether oxygens (including phenoxy) is 6. The number of rotatable bonds is 6. The number of hydrogen-bond donors (Lipinski definition) is 2. The number of nitrogens with one attached hydrogen (secondary N) is 2. The molecule has 2 N–H and O–H groups in total. The zero-order chi connectivity index (χ0) is 23.1. The SMILES string of the molecule is COc1ccccc1NC(=O)CCNC(=O)[C@@H]1O[C@H]2OC(C)(C)O[C@@H]2[C@@H]2OC(C)(C)O[C@H]21. The minimum Gasteiger partial charge on any atom is -0.495 e. The molecule has 0 radical (unpaired) electrons. The summed E-state index contributed by atoms with van der Waals surface area (Å²) in [6, 6.07) is 7.10. The molecular formula is C22H30N2O8. The Morgan fingerprint density at radius 2 is 1.62 bits per heavy atom. The maximum absolute atomic E-state index is 12.9. The Morgan fingerprint density at radius 3 is 2.38 bits per heavy atom. The van der Waals surface area contributed by atoms with Gasteiger partial charge in [-0.2, -0.15) is 0 Å². The lowest BCUT2D eigenvalue weighted by atomic mass is 9.98. The third-order valence-corrected chi connectivity index (χ3v) is 5.45. The first kappa shape index (κ1) is 22.9. The number of amides is 2. The van der Waals surface area contributed by atoms with Gasteiger partial charge in [0.15, 0.2) is 24.0 Å². The van der Waals surface area contributed by atoms with Crippen molar-refractivity contribution in [3.05, 3.63) is 24.3 Å². The molecule has 3 aliphatic heterocycles. The van der Waals surface area contributed by atoms with E-state index < -0.39 is 48.2 Å². The lowest BCUT2D eigenvalue weighted by Crippen LogP contribution is -2.59. The molecule has 3 saturated heterocycles. The second-order valence-corrected chi connectivity index (χ2v) is 8.88. The number of carbonyl (C=O) groups is 2. The molecule has 3 fully saturated rings. The largest absolute Gasteiger partial charge is 0.495 e. The van der Waals surface area contributed by atoms with Gasteiger partial charge in [-0.1, -0.05) is 12.1 Å². The fraction of sp³-hybridized carbons (Fsp3) is 0.636. The van der Waals surface area contributed by atoms with Crippen LogP contribution in [0.5, 0.6) is 5.75 Å². The Hall–Kier alpha value is -2.24. The molecule has 3 heterocycles. The van der Waals surface area contributed by atoms with Crippen molar-refractivity contribution in [2.24, 2.45) is 0 Å². The van der Waals surface area contributed by atoms with Crippen LogP contribution in [0.1, 0.15) is 34.1 Å². The highest BCUT2D eigenvalue weighted by Gasteiger charge is 2.62. The quantitative estimate of drug-likeness (QED) is 0.671. The van der Waals surface area contributed by atoms with E-state index in [4.69, 9.17) is 28.4 Å². The Balaban J connectivity index is 1.35. The molecule has 0 spiro atoms. The monoisotopic (exact) mass is 450 g/mol. The van der Waals surface area contributed by atoms with Gasteiger partial charge in [0, 0.05) is 13.0 Å².